The number of hydrogen-bond acceptors (Lipinski definition) is 6. The number of esters is 1. The minimum absolute atomic E-state index is 0.213. The zero-order chi connectivity index (χ0) is 14.7. The van der Waals surface area contributed by atoms with Crippen molar-refractivity contribution in [1.82, 2.24) is 4.90 Å². The maximum Gasteiger partial charge on any atom is 0.329 e. The summed E-state index contributed by atoms with van der Waals surface area (Å²) in [5.41, 5.74) is 0. The smallest absolute Gasteiger partial charge is 0.329 e. The van der Waals surface area contributed by atoms with Crippen molar-refractivity contribution in [3.8, 4) is 0 Å². The third-order valence-corrected chi connectivity index (χ3v) is 4.36. The number of carbonyl (C=O) groups excluding carboxylic acids is 3. The second-order valence-corrected chi connectivity index (χ2v) is 5.97. The quantitative estimate of drug-likeness (QED) is 0.632. The fourth-order valence-electron chi connectivity index (χ4n) is 1.68. The van der Waals surface area contributed by atoms with Gasteiger partial charge in [-0.25, -0.2) is 4.79 Å². The van der Waals surface area contributed by atoms with Gasteiger partial charge in [0, 0.05) is 4.88 Å². The van der Waals surface area contributed by atoms with Gasteiger partial charge in [-0.3, -0.25) is 14.5 Å². The standard InChI is InChI=1S/C13H13NO4S2/c1-3-18-12(16)8(2)14-11(15)10(20-13(14)17)7-9-5-4-6-19-9/h4-8H,3H2,1-2H3/b10-7+/t8-/m0/s1. The minimum Gasteiger partial charge on any atom is -0.464 e. The van der Waals surface area contributed by atoms with Crippen molar-refractivity contribution < 1.29 is 19.1 Å². The summed E-state index contributed by atoms with van der Waals surface area (Å²) in [4.78, 5) is 37.9. The summed E-state index contributed by atoms with van der Waals surface area (Å²) in [6.07, 6.45) is 1.66. The molecule has 7 heteroatoms. The molecule has 1 saturated heterocycles. The number of hydrogen-bond donors (Lipinski definition) is 0. The van der Waals surface area contributed by atoms with Gasteiger partial charge in [0.15, 0.2) is 0 Å². The van der Waals surface area contributed by atoms with Crippen molar-refractivity contribution >= 4 is 46.3 Å². The molecule has 106 valence electrons. The van der Waals surface area contributed by atoms with Crippen LogP contribution in [0, 0.1) is 0 Å². The molecule has 0 spiro atoms. The van der Waals surface area contributed by atoms with Crippen LogP contribution in [0.2, 0.25) is 0 Å². The van der Waals surface area contributed by atoms with Crippen molar-refractivity contribution in [2.75, 3.05) is 6.61 Å². The summed E-state index contributed by atoms with van der Waals surface area (Å²) < 4.78 is 4.84. The number of nitrogens with zero attached hydrogens (tertiary/aromatic N) is 1. The zero-order valence-corrected chi connectivity index (χ0v) is 12.6. The summed E-state index contributed by atoms with van der Waals surface area (Å²) in [5, 5.41) is 1.44. The summed E-state index contributed by atoms with van der Waals surface area (Å²) in [6, 6.07) is 2.81. The van der Waals surface area contributed by atoms with E-state index >= 15 is 0 Å². The van der Waals surface area contributed by atoms with E-state index in [-0.39, 0.29) is 6.61 Å². The lowest BCUT2D eigenvalue weighted by Gasteiger charge is -2.19. The van der Waals surface area contributed by atoms with E-state index in [2.05, 4.69) is 0 Å². The van der Waals surface area contributed by atoms with Crippen LogP contribution < -0.4 is 0 Å². The number of amides is 2. The number of thiophene rings is 1. The molecule has 0 N–H and O–H groups in total. The van der Waals surface area contributed by atoms with Gasteiger partial charge < -0.3 is 4.74 Å². The van der Waals surface area contributed by atoms with Gasteiger partial charge in [0.25, 0.3) is 11.1 Å². The summed E-state index contributed by atoms with van der Waals surface area (Å²) in [7, 11) is 0. The average Bonchev–Trinajstić information content (AvgIpc) is 2.99. The van der Waals surface area contributed by atoms with Crippen LogP contribution in [0.1, 0.15) is 18.7 Å². The Balaban J connectivity index is 2.19. The van der Waals surface area contributed by atoms with Gasteiger partial charge in [0.1, 0.15) is 6.04 Å². The first kappa shape index (κ1) is 14.8. The summed E-state index contributed by atoms with van der Waals surface area (Å²) in [6.45, 7) is 3.38. The molecule has 1 aromatic heterocycles. The third kappa shape index (κ3) is 2.94. The SMILES string of the molecule is CCOC(=O)[C@H](C)N1C(=O)S/C(=C/c2cccs2)C1=O. The van der Waals surface area contributed by atoms with E-state index in [1.54, 1.807) is 13.0 Å². The van der Waals surface area contributed by atoms with Gasteiger partial charge in [-0.2, -0.15) is 0 Å². The molecule has 2 heterocycles. The van der Waals surface area contributed by atoms with E-state index in [0.717, 1.165) is 21.5 Å². The van der Waals surface area contributed by atoms with Gasteiger partial charge in [-0.15, -0.1) is 11.3 Å². The van der Waals surface area contributed by atoms with E-state index in [1.165, 1.54) is 18.3 Å². The van der Waals surface area contributed by atoms with E-state index in [0.29, 0.717) is 4.91 Å². The van der Waals surface area contributed by atoms with E-state index in [9.17, 15) is 14.4 Å². The Bertz CT molecular complexity index is 565. The lowest BCUT2D eigenvalue weighted by Crippen LogP contribution is -2.42. The molecule has 1 aromatic rings. The Morgan fingerprint density at radius 1 is 1.50 bits per heavy atom. The van der Waals surface area contributed by atoms with Crippen LogP contribution in [0.5, 0.6) is 0 Å². The maximum absolute atomic E-state index is 12.2. The number of thioether (sulfide) groups is 1. The Morgan fingerprint density at radius 3 is 2.85 bits per heavy atom. The molecule has 1 fully saturated rings. The van der Waals surface area contributed by atoms with Crippen molar-refractivity contribution in [3.05, 3.63) is 27.3 Å². The van der Waals surface area contributed by atoms with Crippen molar-refractivity contribution in [2.45, 2.75) is 19.9 Å². The summed E-state index contributed by atoms with van der Waals surface area (Å²) in [5.74, 6) is -1.03. The first-order valence-electron chi connectivity index (χ1n) is 6.01. The zero-order valence-electron chi connectivity index (χ0n) is 11.0. The molecule has 20 heavy (non-hydrogen) atoms. The highest BCUT2D eigenvalue weighted by molar-refractivity contribution is 8.18. The third-order valence-electron chi connectivity index (χ3n) is 2.66. The summed E-state index contributed by atoms with van der Waals surface area (Å²) >= 11 is 2.31. The van der Waals surface area contributed by atoms with Gasteiger partial charge in [0.2, 0.25) is 0 Å². The van der Waals surface area contributed by atoms with Crippen molar-refractivity contribution in [1.29, 1.82) is 0 Å². The van der Waals surface area contributed by atoms with E-state index in [4.69, 9.17) is 4.74 Å². The molecule has 1 aliphatic heterocycles. The van der Waals surface area contributed by atoms with Crippen LogP contribution in [0.3, 0.4) is 0 Å². The van der Waals surface area contributed by atoms with E-state index in [1.807, 2.05) is 17.5 Å². The second kappa shape index (κ2) is 6.23. The molecular formula is C13H13NO4S2. The monoisotopic (exact) mass is 311 g/mol. The number of rotatable bonds is 4. The first-order valence-corrected chi connectivity index (χ1v) is 7.71. The van der Waals surface area contributed by atoms with Gasteiger partial charge in [-0.1, -0.05) is 6.07 Å². The fraction of sp³-hybridized carbons (Fsp3) is 0.308. The van der Waals surface area contributed by atoms with E-state index < -0.39 is 23.2 Å². The molecule has 0 aromatic carbocycles. The van der Waals surface area contributed by atoms with Gasteiger partial charge in [-0.05, 0) is 43.1 Å². The predicted molar refractivity (Wildman–Crippen MR) is 78.2 cm³/mol. The molecule has 0 saturated carbocycles. The Labute approximate surface area is 124 Å². The van der Waals surface area contributed by atoms with Crippen LogP contribution in [0.15, 0.2) is 22.4 Å². The molecule has 0 unspecified atom stereocenters. The highest BCUT2D eigenvalue weighted by Gasteiger charge is 2.41. The molecule has 0 radical (unpaired) electrons. The Morgan fingerprint density at radius 2 is 2.25 bits per heavy atom. The molecule has 2 rings (SSSR count). The number of ether oxygens (including phenoxy) is 1. The Kier molecular flexibility index (Phi) is 4.61. The normalized spacial score (nSPS) is 18.7. The first-order chi connectivity index (χ1) is 9.54. The maximum atomic E-state index is 12.2. The van der Waals surface area contributed by atoms with Crippen molar-refractivity contribution in [2.24, 2.45) is 0 Å². The minimum atomic E-state index is -0.906. The average molecular weight is 311 g/mol. The highest BCUT2D eigenvalue weighted by atomic mass is 32.2. The number of imide groups is 1. The van der Waals surface area contributed by atoms with Crippen molar-refractivity contribution in [3.63, 3.8) is 0 Å². The fourth-order valence-corrected chi connectivity index (χ4v) is 3.32. The lowest BCUT2D eigenvalue weighted by molar-refractivity contribution is -0.150. The van der Waals surface area contributed by atoms with Crippen LogP contribution in [-0.2, 0) is 14.3 Å². The van der Waals surface area contributed by atoms with Crippen LogP contribution in [-0.4, -0.2) is 34.7 Å². The largest absolute Gasteiger partial charge is 0.464 e. The topological polar surface area (TPSA) is 63.7 Å². The number of carbonyl (C=O) groups is 3. The molecule has 0 bridgehead atoms. The molecule has 1 atom stereocenters. The lowest BCUT2D eigenvalue weighted by atomic mass is 10.3. The molecule has 2 amide bonds. The van der Waals surface area contributed by atoms with Crippen LogP contribution in [0.25, 0.3) is 6.08 Å². The van der Waals surface area contributed by atoms with Gasteiger partial charge >= 0.3 is 5.97 Å². The molecule has 5 nitrogen and oxygen atoms in total. The molecular weight excluding hydrogens is 298 g/mol. The second-order valence-electron chi connectivity index (χ2n) is 4.00. The molecule has 0 aliphatic carbocycles. The van der Waals surface area contributed by atoms with Crippen LogP contribution >= 0.6 is 23.1 Å². The van der Waals surface area contributed by atoms with Crippen LogP contribution in [0.4, 0.5) is 4.79 Å². The van der Waals surface area contributed by atoms with Gasteiger partial charge in [0.05, 0.1) is 11.5 Å². The Hall–Kier alpha value is -1.60. The predicted octanol–water partition coefficient (Wildman–Crippen LogP) is 2.74. The molecule has 1 aliphatic rings. The highest BCUT2D eigenvalue weighted by Crippen LogP contribution is 2.34.